The molecule has 0 bridgehead atoms. The summed E-state index contributed by atoms with van der Waals surface area (Å²) in [6, 6.07) is 0. The second kappa shape index (κ2) is 8.56. The number of aliphatic hydroxyl groups is 1. The van der Waals surface area contributed by atoms with E-state index in [4.69, 9.17) is 9.84 Å². The Morgan fingerprint density at radius 2 is 2.07 bits per heavy atom. The fraction of sp³-hybridized carbons (Fsp3) is 0.700. The van der Waals surface area contributed by atoms with Gasteiger partial charge in [0, 0.05) is 0 Å². The number of ether oxygens (including phenoxy) is 2. The Bertz CT molecular complexity index is 177. The monoisotopic (exact) mass is 202 g/mol. The summed E-state index contributed by atoms with van der Waals surface area (Å²) in [5, 5.41) is 8.35. The lowest BCUT2D eigenvalue weighted by Crippen LogP contribution is -2.12. The van der Waals surface area contributed by atoms with Gasteiger partial charge in [0.2, 0.25) is 0 Å². The Hall–Kier alpha value is -1.03. The van der Waals surface area contributed by atoms with E-state index in [1.165, 1.54) is 0 Å². The van der Waals surface area contributed by atoms with Crippen LogP contribution in [0.5, 0.6) is 0 Å². The molecule has 0 aliphatic rings. The standard InChI is InChI=1S/C10H18O4/c1-3-4-5-6-13-9(2)8-14-10(12)7-11/h11H,2-8H2,1H3. The largest absolute Gasteiger partial charge is 0.495 e. The average molecular weight is 202 g/mol. The van der Waals surface area contributed by atoms with E-state index in [0.29, 0.717) is 12.4 Å². The maximum absolute atomic E-state index is 10.5. The van der Waals surface area contributed by atoms with Crippen LogP contribution in [0.3, 0.4) is 0 Å². The number of carbonyl (C=O) groups excluding carboxylic acids is 1. The molecule has 1 N–H and O–H groups in total. The zero-order chi connectivity index (χ0) is 10.8. The van der Waals surface area contributed by atoms with Crippen molar-refractivity contribution in [2.45, 2.75) is 26.2 Å². The molecule has 0 spiro atoms. The van der Waals surface area contributed by atoms with Crippen LogP contribution < -0.4 is 0 Å². The smallest absolute Gasteiger partial charge is 0.332 e. The van der Waals surface area contributed by atoms with Crippen molar-refractivity contribution in [3.63, 3.8) is 0 Å². The molecule has 0 fully saturated rings. The zero-order valence-corrected chi connectivity index (χ0v) is 8.62. The van der Waals surface area contributed by atoms with Gasteiger partial charge >= 0.3 is 5.97 Å². The molecular weight excluding hydrogens is 184 g/mol. The Morgan fingerprint density at radius 3 is 2.64 bits per heavy atom. The van der Waals surface area contributed by atoms with Gasteiger partial charge in [0.1, 0.15) is 19.0 Å². The quantitative estimate of drug-likeness (QED) is 0.365. The summed E-state index contributed by atoms with van der Waals surface area (Å²) in [7, 11) is 0. The number of esters is 1. The Balaban J connectivity index is 3.32. The van der Waals surface area contributed by atoms with E-state index in [1.807, 2.05) is 0 Å². The lowest BCUT2D eigenvalue weighted by atomic mass is 10.3. The molecule has 14 heavy (non-hydrogen) atoms. The zero-order valence-electron chi connectivity index (χ0n) is 8.62. The molecule has 0 rings (SSSR count). The third-order valence-electron chi connectivity index (χ3n) is 1.58. The van der Waals surface area contributed by atoms with Crippen molar-refractivity contribution in [1.29, 1.82) is 0 Å². The van der Waals surface area contributed by atoms with Crippen LogP contribution in [0.25, 0.3) is 0 Å². The number of unbranched alkanes of at least 4 members (excludes halogenated alkanes) is 2. The van der Waals surface area contributed by atoms with Gasteiger partial charge in [0.05, 0.1) is 6.61 Å². The van der Waals surface area contributed by atoms with Gasteiger partial charge in [0.15, 0.2) is 0 Å². The first-order valence-electron chi connectivity index (χ1n) is 4.77. The third kappa shape index (κ3) is 7.61. The molecule has 0 aliphatic carbocycles. The first-order valence-corrected chi connectivity index (χ1v) is 4.77. The first kappa shape index (κ1) is 13.0. The van der Waals surface area contributed by atoms with Gasteiger partial charge in [-0.25, -0.2) is 4.79 Å². The van der Waals surface area contributed by atoms with Gasteiger partial charge in [-0.2, -0.15) is 0 Å². The molecule has 0 heterocycles. The van der Waals surface area contributed by atoms with Gasteiger partial charge in [-0.1, -0.05) is 26.3 Å². The Labute approximate surface area is 84.5 Å². The van der Waals surface area contributed by atoms with Gasteiger partial charge in [0.25, 0.3) is 0 Å². The molecule has 4 nitrogen and oxygen atoms in total. The third-order valence-corrected chi connectivity index (χ3v) is 1.58. The van der Waals surface area contributed by atoms with Crippen molar-refractivity contribution >= 4 is 5.97 Å². The maximum atomic E-state index is 10.5. The minimum atomic E-state index is -0.664. The highest BCUT2D eigenvalue weighted by molar-refractivity contribution is 5.70. The summed E-state index contributed by atoms with van der Waals surface area (Å²) in [6.45, 7) is 5.70. The van der Waals surface area contributed by atoms with E-state index in [1.54, 1.807) is 0 Å². The lowest BCUT2D eigenvalue weighted by Gasteiger charge is -2.08. The van der Waals surface area contributed by atoms with E-state index < -0.39 is 12.6 Å². The van der Waals surface area contributed by atoms with Crippen LogP contribution in [0.1, 0.15) is 26.2 Å². The number of aliphatic hydroxyl groups excluding tert-OH is 1. The molecule has 4 heteroatoms. The Morgan fingerprint density at radius 1 is 1.36 bits per heavy atom. The average Bonchev–Trinajstić information content (AvgIpc) is 2.21. The predicted molar refractivity (Wildman–Crippen MR) is 52.7 cm³/mol. The normalized spacial score (nSPS) is 9.57. The molecule has 0 radical (unpaired) electrons. The molecular formula is C10H18O4. The van der Waals surface area contributed by atoms with Crippen molar-refractivity contribution in [2.75, 3.05) is 19.8 Å². The summed E-state index contributed by atoms with van der Waals surface area (Å²) in [6.07, 6.45) is 3.22. The molecule has 0 amide bonds. The van der Waals surface area contributed by atoms with Crippen LogP contribution in [0, 0.1) is 0 Å². The molecule has 0 saturated carbocycles. The fourth-order valence-electron chi connectivity index (χ4n) is 0.817. The van der Waals surface area contributed by atoms with Crippen molar-refractivity contribution < 1.29 is 19.4 Å². The number of carbonyl (C=O) groups is 1. The van der Waals surface area contributed by atoms with Crippen molar-refractivity contribution in [3.8, 4) is 0 Å². The minimum absolute atomic E-state index is 0.0194. The van der Waals surface area contributed by atoms with Crippen LogP contribution in [-0.4, -0.2) is 30.9 Å². The van der Waals surface area contributed by atoms with Crippen LogP contribution in [0.2, 0.25) is 0 Å². The summed E-state index contributed by atoms with van der Waals surface area (Å²) in [5.41, 5.74) is 0. The summed E-state index contributed by atoms with van der Waals surface area (Å²) < 4.78 is 9.78. The highest BCUT2D eigenvalue weighted by atomic mass is 16.6. The SMILES string of the molecule is C=C(COC(=O)CO)OCCCCC. The van der Waals surface area contributed by atoms with Crippen LogP contribution in [0.15, 0.2) is 12.3 Å². The highest BCUT2D eigenvalue weighted by Gasteiger charge is 2.01. The van der Waals surface area contributed by atoms with Crippen LogP contribution in [-0.2, 0) is 14.3 Å². The van der Waals surface area contributed by atoms with E-state index >= 15 is 0 Å². The van der Waals surface area contributed by atoms with Gasteiger partial charge in [-0.3, -0.25) is 0 Å². The number of hydrogen-bond acceptors (Lipinski definition) is 4. The highest BCUT2D eigenvalue weighted by Crippen LogP contribution is 2.00. The van der Waals surface area contributed by atoms with E-state index in [9.17, 15) is 4.79 Å². The molecule has 0 aromatic rings. The predicted octanol–water partition coefficient (Wildman–Crippen LogP) is 1.24. The maximum Gasteiger partial charge on any atom is 0.332 e. The van der Waals surface area contributed by atoms with Crippen LogP contribution >= 0.6 is 0 Å². The second-order valence-electron chi connectivity index (χ2n) is 2.91. The fourth-order valence-corrected chi connectivity index (χ4v) is 0.817. The van der Waals surface area contributed by atoms with Gasteiger partial charge < -0.3 is 14.6 Å². The number of hydrogen-bond donors (Lipinski definition) is 1. The molecule has 0 atom stereocenters. The molecule has 0 aromatic heterocycles. The van der Waals surface area contributed by atoms with Crippen molar-refractivity contribution in [3.05, 3.63) is 12.3 Å². The summed E-state index contributed by atoms with van der Waals surface area (Å²) >= 11 is 0. The molecule has 0 aliphatic heterocycles. The lowest BCUT2D eigenvalue weighted by molar-refractivity contribution is -0.146. The molecule has 82 valence electrons. The Kier molecular flexibility index (Phi) is 7.93. The van der Waals surface area contributed by atoms with E-state index in [0.717, 1.165) is 19.3 Å². The molecule has 0 unspecified atom stereocenters. The summed E-state index contributed by atoms with van der Waals surface area (Å²) in [4.78, 5) is 10.5. The van der Waals surface area contributed by atoms with E-state index in [-0.39, 0.29) is 6.61 Å². The van der Waals surface area contributed by atoms with Gasteiger partial charge in [-0.15, -0.1) is 0 Å². The first-order chi connectivity index (χ1) is 6.70. The summed E-state index contributed by atoms with van der Waals surface area (Å²) in [5.74, 6) is -0.244. The van der Waals surface area contributed by atoms with Crippen molar-refractivity contribution in [1.82, 2.24) is 0 Å². The number of rotatable bonds is 8. The van der Waals surface area contributed by atoms with Crippen molar-refractivity contribution in [2.24, 2.45) is 0 Å². The van der Waals surface area contributed by atoms with E-state index in [2.05, 4.69) is 18.2 Å². The van der Waals surface area contributed by atoms with Crippen LogP contribution in [0.4, 0.5) is 0 Å². The second-order valence-corrected chi connectivity index (χ2v) is 2.91. The topological polar surface area (TPSA) is 55.8 Å². The molecule has 0 aromatic carbocycles. The minimum Gasteiger partial charge on any atom is -0.495 e. The molecule has 0 saturated heterocycles. The van der Waals surface area contributed by atoms with Gasteiger partial charge in [-0.05, 0) is 6.42 Å².